The number of aliphatic carboxylic acids is 1. The molecule has 0 aliphatic carbocycles. The lowest BCUT2D eigenvalue weighted by Gasteiger charge is -2.27. The first kappa shape index (κ1) is 30.1. The quantitative estimate of drug-likeness (QED) is 0.0712. The van der Waals surface area contributed by atoms with Crippen LogP contribution in [0.2, 0.25) is 0 Å². The minimum Gasteiger partial charge on any atom is -0.480 e. The molecule has 0 bridgehead atoms. The van der Waals surface area contributed by atoms with Crippen LogP contribution in [0, 0.1) is 17.2 Å². The van der Waals surface area contributed by atoms with E-state index in [4.69, 9.17) is 22.0 Å². The van der Waals surface area contributed by atoms with Crippen molar-refractivity contribution in [2.24, 2.45) is 23.3 Å². The molecule has 190 valence electrons. The number of carboxylic acids is 1. The molecule has 0 spiro atoms. The summed E-state index contributed by atoms with van der Waals surface area (Å²) in [5.41, 5.74) is 10.7. The molecule has 0 radical (unpaired) electrons. The van der Waals surface area contributed by atoms with Crippen molar-refractivity contribution in [1.82, 2.24) is 21.3 Å². The van der Waals surface area contributed by atoms with Crippen LogP contribution in [0.4, 0.5) is 0 Å². The normalized spacial score (nSPS) is 14.7. The molecule has 0 rings (SSSR count). The van der Waals surface area contributed by atoms with Crippen LogP contribution in [0.15, 0.2) is 0 Å². The molecular formula is C20H39N7O6. The van der Waals surface area contributed by atoms with Gasteiger partial charge in [-0.25, -0.2) is 4.79 Å². The lowest BCUT2D eigenvalue weighted by atomic mass is 9.99. The molecule has 0 aromatic rings. The minimum absolute atomic E-state index is 0.0257. The lowest BCUT2D eigenvalue weighted by molar-refractivity contribution is -0.142. The molecule has 11 N–H and O–H groups in total. The Balaban J connectivity index is 5.28. The maximum Gasteiger partial charge on any atom is 0.326 e. The van der Waals surface area contributed by atoms with Crippen LogP contribution in [0.5, 0.6) is 0 Å². The van der Waals surface area contributed by atoms with E-state index in [-0.39, 0.29) is 37.2 Å². The van der Waals surface area contributed by atoms with Gasteiger partial charge >= 0.3 is 5.97 Å². The van der Waals surface area contributed by atoms with Crippen LogP contribution >= 0.6 is 0 Å². The Hall–Kier alpha value is -2.93. The highest BCUT2D eigenvalue weighted by Gasteiger charge is 2.32. The standard InChI is InChI=1S/C20H39N7O6/c1-10(2)8-14(26-16(29)12(21)9-28)17(30)27-15(11(3)4)18(31)25-13(19(32)33)6-5-7-24-20(22)23/h10-15,28H,5-9,21H2,1-4H3,(H,25,31)(H,26,29)(H,27,30)(H,32,33)(H4,22,23,24)/t12-,13-,14-,15-/m0/s1. The lowest BCUT2D eigenvalue weighted by Crippen LogP contribution is -2.58. The number of guanidine groups is 1. The van der Waals surface area contributed by atoms with Gasteiger partial charge in [0.1, 0.15) is 24.2 Å². The van der Waals surface area contributed by atoms with E-state index >= 15 is 0 Å². The zero-order chi connectivity index (χ0) is 25.7. The summed E-state index contributed by atoms with van der Waals surface area (Å²) in [6.45, 7) is 6.76. The number of aliphatic hydroxyl groups is 1. The Morgan fingerprint density at radius 3 is 1.97 bits per heavy atom. The van der Waals surface area contributed by atoms with Crippen molar-refractivity contribution in [2.75, 3.05) is 13.2 Å². The van der Waals surface area contributed by atoms with Gasteiger partial charge in [-0.3, -0.25) is 19.8 Å². The first-order valence-corrected chi connectivity index (χ1v) is 10.9. The second-order valence-electron chi connectivity index (χ2n) is 8.59. The maximum absolute atomic E-state index is 12.9. The molecule has 0 aliphatic rings. The SMILES string of the molecule is CC(C)C[C@H](NC(=O)[C@@H](N)CO)C(=O)N[C@H](C(=O)N[C@@H](CCCNC(=N)N)C(=O)O)C(C)C. The van der Waals surface area contributed by atoms with Crippen LogP contribution in [0.25, 0.3) is 0 Å². The van der Waals surface area contributed by atoms with Gasteiger partial charge in [0.25, 0.3) is 0 Å². The summed E-state index contributed by atoms with van der Waals surface area (Å²) >= 11 is 0. The highest BCUT2D eigenvalue weighted by molar-refractivity contribution is 5.94. The third-order valence-electron chi connectivity index (χ3n) is 4.72. The first-order chi connectivity index (χ1) is 15.3. The van der Waals surface area contributed by atoms with Gasteiger partial charge in [0.05, 0.1) is 6.61 Å². The smallest absolute Gasteiger partial charge is 0.326 e. The Kier molecular flexibility index (Phi) is 13.7. The van der Waals surface area contributed by atoms with Crippen LogP contribution in [-0.4, -0.2) is 77.2 Å². The van der Waals surface area contributed by atoms with Crippen LogP contribution in [0.3, 0.4) is 0 Å². The number of hydrogen-bond donors (Lipinski definition) is 9. The van der Waals surface area contributed by atoms with Crippen LogP contribution in [-0.2, 0) is 19.2 Å². The highest BCUT2D eigenvalue weighted by Crippen LogP contribution is 2.09. The van der Waals surface area contributed by atoms with Gasteiger partial charge in [-0.05, 0) is 31.1 Å². The van der Waals surface area contributed by atoms with Gasteiger partial charge in [0, 0.05) is 6.54 Å². The van der Waals surface area contributed by atoms with Crippen molar-refractivity contribution in [2.45, 2.75) is 71.1 Å². The third-order valence-corrected chi connectivity index (χ3v) is 4.72. The van der Waals surface area contributed by atoms with Crippen molar-refractivity contribution in [3.8, 4) is 0 Å². The number of rotatable bonds is 15. The van der Waals surface area contributed by atoms with E-state index in [1.807, 2.05) is 13.8 Å². The van der Waals surface area contributed by atoms with Crippen molar-refractivity contribution in [3.05, 3.63) is 0 Å². The zero-order valence-electron chi connectivity index (χ0n) is 19.7. The summed E-state index contributed by atoms with van der Waals surface area (Å²) in [6, 6.07) is -4.42. The fourth-order valence-electron chi connectivity index (χ4n) is 2.90. The van der Waals surface area contributed by atoms with Gasteiger partial charge in [0.15, 0.2) is 5.96 Å². The summed E-state index contributed by atoms with van der Waals surface area (Å²) in [4.78, 5) is 49.3. The number of aliphatic hydroxyl groups excluding tert-OH is 1. The monoisotopic (exact) mass is 473 g/mol. The minimum atomic E-state index is -1.23. The molecule has 0 heterocycles. The van der Waals surface area contributed by atoms with Gasteiger partial charge in [0.2, 0.25) is 17.7 Å². The molecule has 0 aromatic carbocycles. The molecule has 0 fully saturated rings. The molecule has 3 amide bonds. The summed E-state index contributed by atoms with van der Waals surface area (Å²) in [5.74, 6) is -3.82. The third kappa shape index (κ3) is 12.0. The Morgan fingerprint density at radius 2 is 1.52 bits per heavy atom. The van der Waals surface area contributed by atoms with Gasteiger partial charge in [-0.15, -0.1) is 0 Å². The molecule has 0 saturated carbocycles. The summed E-state index contributed by atoms with van der Waals surface area (Å²) in [5, 5.41) is 35.6. The van der Waals surface area contributed by atoms with Crippen molar-refractivity contribution in [1.29, 1.82) is 5.41 Å². The second kappa shape index (κ2) is 15.0. The van der Waals surface area contributed by atoms with E-state index in [0.717, 1.165) is 0 Å². The Bertz CT molecular complexity index is 686. The number of carbonyl (C=O) groups is 4. The van der Waals surface area contributed by atoms with Gasteiger partial charge in [-0.2, -0.15) is 0 Å². The fourth-order valence-corrected chi connectivity index (χ4v) is 2.90. The first-order valence-electron chi connectivity index (χ1n) is 10.9. The van der Waals surface area contributed by atoms with E-state index < -0.39 is 54.5 Å². The summed E-state index contributed by atoms with van der Waals surface area (Å²) in [7, 11) is 0. The highest BCUT2D eigenvalue weighted by atomic mass is 16.4. The number of nitrogens with one attached hydrogen (secondary N) is 5. The van der Waals surface area contributed by atoms with E-state index in [2.05, 4.69) is 21.3 Å². The van der Waals surface area contributed by atoms with Gasteiger partial charge < -0.3 is 42.9 Å². The van der Waals surface area contributed by atoms with E-state index in [1.165, 1.54) is 0 Å². The largest absolute Gasteiger partial charge is 0.480 e. The van der Waals surface area contributed by atoms with Crippen LogP contribution in [0.1, 0.15) is 47.0 Å². The number of nitrogens with two attached hydrogens (primary N) is 2. The number of carbonyl (C=O) groups excluding carboxylic acids is 3. The average Bonchev–Trinajstić information content (AvgIpc) is 2.71. The van der Waals surface area contributed by atoms with E-state index in [9.17, 15) is 24.3 Å². The molecule has 0 saturated heterocycles. The predicted octanol–water partition coefficient (Wildman–Crippen LogP) is -2.19. The molecule has 0 aliphatic heterocycles. The van der Waals surface area contributed by atoms with Gasteiger partial charge in [-0.1, -0.05) is 27.7 Å². The van der Waals surface area contributed by atoms with Crippen molar-refractivity contribution >= 4 is 29.7 Å². The van der Waals surface area contributed by atoms with Crippen LogP contribution < -0.4 is 32.7 Å². The number of carboxylic acid groups (broad SMARTS) is 1. The molecular weight excluding hydrogens is 434 g/mol. The second-order valence-corrected chi connectivity index (χ2v) is 8.59. The average molecular weight is 474 g/mol. The van der Waals surface area contributed by atoms with E-state index in [0.29, 0.717) is 6.42 Å². The Labute approximate surface area is 193 Å². The zero-order valence-corrected chi connectivity index (χ0v) is 19.7. The Morgan fingerprint density at radius 1 is 0.939 bits per heavy atom. The molecule has 0 unspecified atom stereocenters. The van der Waals surface area contributed by atoms with Crippen molar-refractivity contribution < 1.29 is 29.4 Å². The number of hydrogen-bond acceptors (Lipinski definition) is 7. The molecule has 33 heavy (non-hydrogen) atoms. The topological polar surface area (TPSA) is 233 Å². The molecule has 13 nitrogen and oxygen atoms in total. The summed E-state index contributed by atoms with van der Waals surface area (Å²) in [6.07, 6.45) is 0.692. The summed E-state index contributed by atoms with van der Waals surface area (Å²) < 4.78 is 0. The molecule has 4 atom stereocenters. The maximum atomic E-state index is 12.9. The van der Waals surface area contributed by atoms with E-state index in [1.54, 1.807) is 13.8 Å². The molecule has 0 aromatic heterocycles. The number of amides is 3. The molecule has 13 heteroatoms. The van der Waals surface area contributed by atoms with Crippen molar-refractivity contribution in [3.63, 3.8) is 0 Å². The predicted molar refractivity (Wildman–Crippen MR) is 122 cm³/mol. The fraction of sp³-hybridized carbons (Fsp3) is 0.750.